The highest BCUT2D eigenvalue weighted by molar-refractivity contribution is 5.98. The van der Waals surface area contributed by atoms with E-state index < -0.39 is 0 Å². The molecule has 1 aromatic heterocycles. The van der Waals surface area contributed by atoms with Crippen LogP contribution in [-0.4, -0.2) is 34.7 Å². The first-order valence-corrected chi connectivity index (χ1v) is 9.81. The summed E-state index contributed by atoms with van der Waals surface area (Å²) in [4.78, 5) is 25.1. The summed E-state index contributed by atoms with van der Waals surface area (Å²) in [5, 5.41) is 10.2. The number of carbonyl (C=O) groups is 2. The number of amides is 2. The Morgan fingerprint density at radius 1 is 1.15 bits per heavy atom. The van der Waals surface area contributed by atoms with Gasteiger partial charge in [-0.2, -0.15) is 5.10 Å². The fourth-order valence-electron chi connectivity index (χ4n) is 3.77. The molecule has 1 atom stereocenters. The highest BCUT2D eigenvalue weighted by atomic mass is 16.2. The second-order valence-corrected chi connectivity index (χ2v) is 7.08. The SMILES string of the molecule is CCC(c1ccccc1)n1nc(C(=O)NC)cc1C(=O)NC1CCCCC1. The van der Waals surface area contributed by atoms with Crippen LogP contribution in [0.2, 0.25) is 0 Å². The Hall–Kier alpha value is -2.63. The summed E-state index contributed by atoms with van der Waals surface area (Å²) in [6, 6.07) is 11.7. The summed E-state index contributed by atoms with van der Waals surface area (Å²) in [6.07, 6.45) is 6.32. The van der Waals surface area contributed by atoms with Crippen LogP contribution < -0.4 is 10.6 Å². The summed E-state index contributed by atoms with van der Waals surface area (Å²) in [5.41, 5.74) is 1.77. The Kier molecular flexibility index (Phi) is 6.27. The predicted octanol–water partition coefficient (Wildman–Crippen LogP) is 3.30. The van der Waals surface area contributed by atoms with Crippen molar-refractivity contribution in [3.8, 4) is 0 Å². The van der Waals surface area contributed by atoms with E-state index in [0.29, 0.717) is 5.69 Å². The number of hydrogen-bond donors (Lipinski definition) is 2. The van der Waals surface area contributed by atoms with Crippen LogP contribution in [0.15, 0.2) is 36.4 Å². The number of rotatable bonds is 6. The quantitative estimate of drug-likeness (QED) is 0.821. The van der Waals surface area contributed by atoms with Gasteiger partial charge in [0.1, 0.15) is 5.69 Å². The van der Waals surface area contributed by atoms with Gasteiger partial charge in [-0.05, 0) is 24.8 Å². The second kappa shape index (κ2) is 8.84. The Morgan fingerprint density at radius 3 is 2.48 bits per heavy atom. The molecule has 1 aliphatic carbocycles. The van der Waals surface area contributed by atoms with Crippen molar-refractivity contribution in [2.75, 3.05) is 7.05 Å². The summed E-state index contributed by atoms with van der Waals surface area (Å²) < 4.78 is 1.71. The maximum Gasteiger partial charge on any atom is 0.271 e. The fourth-order valence-corrected chi connectivity index (χ4v) is 3.77. The van der Waals surface area contributed by atoms with Crippen molar-refractivity contribution in [3.63, 3.8) is 0 Å². The molecule has 0 saturated heterocycles. The minimum Gasteiger partial charge on any atom is -0.354 e. The van der Waals surface area contributed by atoms with E-state index in [0.717, 1.165) is 37.7 Å². The summed E-state index contributed by atoms with van der Waals surface area (Å²) in [5.74, 6) is -0.442. The van der Waals surface area contributed by atoms with E-state index in [1.54, 1.807) is 17.8 Å². The molecule has 0 radical (unpaired) electrons. The Labute approximate surface area is 160 Å². The highest BCUT2D eigenvalue weighted by Gasteiger charge is 2.26. The van der Waals surface area contributed by atoms with Crippen molar-refractivity contribution in [2.24, 2.45) is 0 Å². The molecule has 144 valence electrons. The van der Waals surface area contributed by atoms with Crippen LogP contribution in [-0.2, 0) is 0 Å². The zero-order valence-corrected chi connectivity index (χ0v) is 16.1. The lowest BCUT2D eigenvalue weighted by atomic mass is 9.95. The third-order valence-corrected chi connectivity index (χ3v) is 5.23. The molecule has 1 aromatic carbocycles. The Morgan fingerprint density at radius 2 is 1.85 bits per heavy atom. The van der Waals surface area contributed by atoms with Gasteiger partial charge in [0.15, 0.2) is 5.69 Å². The third-order valence-electron chi connectivity index (χ3n) is 5.23. The maximum absolute atomic E-state index is 13.0. The molecule has 1 fully saturated rings. The van der Waals surface area contributed by atoms with Crippen LogP contribution in [0, 0.1) is 0 Å². The van der Waals surface area contributed by atoms with Gasteiger partial charge in [-0.25, -0.2) is 0 Å². The van der Waals surface area contributed by atoms with Crippen molar-refractivity contribution >= 4 is 11.8 Å². The predicted molar refractivity (Wildman–Crippen MR) is 105 cm³/mol. The van der Waals surface area contributed by atoms with Gasteiger partial charge >= 0.3 is 0 Å². The van der Waals surface area contributed by atoms with Gasteiger partial charge in [0.25, 0.3) is 11.8 Å². The molecular formula is C21H28N4O2. The number of benzene rings is 1. The molecule has 1 unspecified atom stereocenters. The Balaban J connectivity index is 1.94. The average Bonchev–Trinajstić information content (AvgIpc) is 3.15. The van der Waals surface area contributed by atoms with E-state index in [1.165, 1.54) is 6.42 Å². The monoisotopic (exact) mass is 368 g/mol. The lowest BCUT2D eigenvalue weighted by Crippen LogP contribution is -2.37. The van der Waals surface area contributed by atoms with E-state index in [2.05, 4.69) is 22.7 Å². The van der Waals surface area contributed by atoms with Gasteiger partial charge in [-0.1, -0.05) is 56.5 Å². The standard InChI is InChI=1S/C21H28N4O2/c1-3-18(15-10-6-4-7-11-15)25-19(14-17(24-25)20(26)22-2)21(27)23-16-12-8-5-9-13-16/h4,6-7,10-11,14,16,18H,3,5,8-9,12-13H2,1-2H3,(H,22,26)(H,23,27). The number of carbonyl (C=O) groups excluding carboxylic acids is 2. The molecule has 2 N–H and O–H groups in total. The smallest absolute Gasteiger partial charge is 0.271 e. The van der Waals surface area contributed by atoms with E-state index in [9.17, 15) is 9.59 Å². The van der Waals surface area contributed by atoms with Gasteiger partial charge in [0.05, 0.1) is 6.04 Å². The minimum absolute atomic E-state index is 0.100. The van der Waals surface area contributed by atoms with Crippen LogP contribution in [0.5, 0.6) is 0 Å². The number of nitrogens with one attached hydrogen (secondary N) is 2. The van der Waals surface area contributed by atoms with Crippen LogP contribution >= 0.6 is 0 Å². The summed E-state index contributed by atoms with van der Waals surface area (Å²) >= 11 is 0. The molecule has 6 heteroatoms. The normalized spacial score (nSPS) is 15.9. The van der Waals surface area contributed by atoms with Crippen LogP contribution in [0.1, 0.15) is 78.0 Å². The number of hydrogen-bond acceptors (Lipinski definition) is 3. The van der Waals surface area contributed by atoms with Crippen LogP contribution in [0.25, 0.3) is 0 Å². The average molecular weight is 368 g/mol. The molecule has 0 aliphatic heterocycles. The minimum atomic E-state index is -0.289. The Bertz CT molecular complexity index is 779. The first-order chi connectivity index (χ1) is 13.1. The number of nitrogens with zero attached hydrogens (tertiary/aromatic N) is 2. The molecule has 3 rings (SSSR count). The van der Waals surface area contributed by atoms with E-state index in [4.69, 9.17) is 0 Å². The molecular weight excluding hydrogens is 340 g/mol. The molecule has 2 amide bonds. The van der Waals surface area contributed by atoms with Crippen molar-refractivity contribution in [1.82, 2.24) is 20.4 Å². The van der Waals surface area contributed by atoms with Crippen LogP contribution in [0.3, 0.4) is 0 Å². The lowest BCUT2D eigenvalue weighted by molar-refractivity contribution is 0.0913. The fraction of sp³-hybridized carbons (Fsp3) is 0.476. The molecule has 1 aliphatic rings. The van der Waals surface area contributed by atoms with Gasteiger partial charge < -0.3 is 10.6 Å². The topological polar surface area (TPSA) is 76.0 Å². The zero-order valence-electron chi connectivity index (χ0n) is 16.1. The lowest BCUT2D eigenvalue weighted by Gasteiger charge is -2.24. The van der Waals surface area contributed by atoms with E-state index >= 15 is 0 Å². The van der Waals surface area contributed by atoms with Crippen molar-refractivity contribution in [3.05, 3.63) is 53.3 Å². The van der Waals surface area contributed by atoms with Gasteiger partial charge in [-0.15, -0.1) is 0 Å². The van der Waals surface area contributed by atoms with E-state index in [1.807, 2.05) is 30.3 Å². The second-order valence-electron chi connectivity index (χ2n) is 7.08. The van der Waals surface area contributed by atoms with Gasteiger partial charge in [0, 0.05) is 19.2 Å². The van der Waals surface area contributed by atoms with Crippen molar-refractivity contribution in [2.45, 2.75) is 57.5 Å². The third kappa shape index (κ3) is 4.38. The summed E-state index contributed by atoms with van der Waals surface area (Å²) in [7, 11) is 1.57. The van der Waals surface area contributed by atoms with Gasteiger partial charge in [-0.3, -0.25) is 14.3 Å². The highest BCUT2D eigenvalue weighted by Crippen LogP contribution is 2.24. The molecule has 27 heavy (non-hydrogen) atoms. The first kappa shape index (κ1) is 19.1. The van der Waals surface area contributed by atoms with Crippen molar-refractivity contribution < 1.29 is 9.59 Å². The van der Waals surface area contributed by atoms with Crippen molar-refractivity contribution in [1.29, 1.82) is 0 Å². The molecule has 1 saturated carbocycles. The number of aromatic nitrogens is 2. The maximum atomic E-state index is 13.0. The van der Waals surface area contributed by atoms with Crippen LogP contribution in [0.4, 0.5) is 0 Å². The zero-order chi connectivity index (χ0) is 19.2. The molecule has 0 bridgehead atoms. The summed E-state index contributed by atoms with van der Waals surface area (Å²) in [6.45, 7) is 2.06. The van der Waals surface area contributed by atoms with Gasteiger partial charge in [0.2, 0.25) is 0 Å². The first-order valence-electron chi connectivity index (χ1n) is 9.81. The molecule has 0 spiro atoms. The molecule has 6 nitrogen and oxygen atoms in total. The van der Waals surface area contributed by atoms with E-state index in [-0.39, 0.29) is 29.6 Å². The molecule has 2 aromatic rings. The molecule has 1 heterocycles. The largest absolute Gasteiger partial charge is 0.354 e.